The number of rotatable bonds is 27. The molecule has 0 atom stereocenters. The SMILES string of the molecule is CCCCCCCC/C=C\CCCCCCCCCCCCCCCCCC(=O)CC(C)=O. The standard InChI is InChI=1S/C31H58O2/c1-3-4-5-6-7-8-9-10-11-12-13-14-15-16-17-18-19-20-21-22-23-24-25-26-27-28-31(33)29-30(2)32/h10-11H,3-9,12-29H2,1-2H3/b11-10-. The molecule has 0 fully saturated rings. The molecule has 0 rings (SSSR count). The lowest BCUT2D eigenvalue weighted by Gasteiger charge is -2.03. The summed E-state index contributed by atoms with van der Waals surface area (Å²) in [5.41, 5.74) is 0. The van der Waals surface area contributed by atoms with Crippen LogP contribution in [0.25, 0.3) is 0 Å². The molecule has 2 heteroatoms. The van der Waals surface area contributed by atoms with Crippen molar-refractivity contribution in [2.24, 2.45) is 0 Å². The molecular weight excluding hydrogens is 404 g/mol. The second-order valence-electron chi connectivity index (χ2n) is 10.3. The van der Waals surface area contributed by atoms with E-state index in [-0.39, 0.29) is 18.0 Å². The van der Waals surface area contributed by atoms with Crippen molar-refractivity contribution in [2.45, 2.75) is 174 Å². The largest absolute Gasteiger partial charge is 0.300 e. The van der Waals surface area contributed by atoms with Crippen LogP contribution < -0.4 is 0 Å². The van der Waals surface area contributed by atoms with Gasteiger partial charge in [-0.15, -0.1) is 0 Å². The van der Waals surface area contributed by atoms with Crippen LogP contribution in [-0.4, -0.2) is 11.6 Å². The van der Waals surface area contributed by atoms with Crippen molar-refractivity contribution < 1.29 is 9.59 Å². The molecule has 0 bridgehead atoms. The quantitative estimate of drug-likeness (QED) is 0.0691. The lowest BCUT2D eigenvalue weighted by atomic mass is 10.0. The number of allylic oxidation sites excluding steroid dienone is 2. The molecule has 0 N–H and O–H groups in total. The van der Waals surface area contributed by atoms with Crippen LogP contribution in [0.5, 0.6) is 0 Å². The lowest BCUT2D eigenvalue weighted by Crippen LogP contribution is -2.03. The van der Waals surface area contributed by atoms with Crippen molar-refractivity contribution in [1.29, 1.82) is 0 Å². The van der Waals surface area contributed by atoms with E-state index in [9.17, 15) is 9.59 Å². The van der Waals surface area contributed by atoms with Crippen molar-refractivity contribution in [3.8, 4) is 0 Å². The zero-order valence-corrected chi connectivity index (χ0v) is 22.6. The molecule has 0 aromatic heterocycles. The molecule has 0 aromatic rings. The molecule has 0 saturated heterocycles. The van der Waals surface area contributed by atoms with E-state index >= 15 is 0 Å². The monoisotopic (exact) mass is 462 g/mol. The molecule has 0 amide bonds. The van der Waals surface area contributed by atoms with Crippen LogP contribution >= 0.6 is 0 Å². The minimum atomic E-state index is -0.00255. The third-order valence-electron chi connectivity index (χ3n) is 6.66. The fraction of sp³-hybridized carbons (Fsp3) is 0.871. The van der Waals surface area contributed by atoms with Gasteiger partial charge in [-0.25, -0.2) is 0 Å². The first-order valence-corrected chi connectivity index (χ1v) is 14.8. The Morgan fingerprint density at radius 2 is 0.818 bits per heavy atom. The van der Waals surface area contributed by atoms with E-state index in [2.05, 4.69) is 19.1 Å². The summed E-state index contributed by atoms with van der Waals surface area (Å²) in [5, 5.41) is 0. The van der Waals surface area contributed by atoms with Crippen LogP contribution in [0.4, 0.5) is 0 Å². The minimum absolute atomic E-state index is 0.00255. The van der Waals surface area contributed by atoms with Crippen LogP contribution in [0.15, 0.2) is 12.2 Å². The Hall–Kier alpha value is -0.920. The summed E-state index contributed by atoms with van der Waals surface area (Å²) in [5.74, 6) is 0.117. The Morgan fingerprint density at radius 3 is 1.18 bits per heavy atom. The van der Waals surface area contributed by atoms with Gasteiger partial charge in [0.05, 0.1) is 6.42 Å². The predicted molar refractivity (Wildman–Crippen MR) is 146 cm³/mol. The van der Waals surface area contributed by atoms with Gasteiger partial charge in [-0.2, -0.15) is 0 Å². The van der Waals surface area contributed by atoms with Gasteiger partial charge in [-0.05, 0) is 39.0 Å². The van der Waals surface area contributed by atoms with Gasteiger partial charge in [0.1, 0.15) is 11.6 Å². The highest BCUT2D eigenvalue weighted by molar-refractivity contribution is 5.97. The molecule has 0 heterocycles. The third kappa shape index (κ3) is 29.0. The van der Waals surface area contributed by atoms with Gasteiger partial charge in [0.15, 0.2) is 0 Å². The predicted octanol–water partition coefficient (Wildman–Crippen LogP) is 10.5. The molecular formula is C31H58O2. The summed E-state index contributed by atoms with van der Waals surface area (Å²) in [7, 11) is 0. The first kappa shape index (κ1) is 32.1. The molecule has 2 nitrogen and oxygen atoms in total. The van der Waals surface area contributed by atoms with Crippen molar-refractivity contribution in [3.05, 3.63) is 12.2 Å². The Labute approximate surface area is 207 Å². The molecule has 0 aromatic carbocycles. The topological polar surface area (TPSA) is 34.1 Å². The van der Waals surface area contributed by atoms with Crippen LogP contribution in [0.3, 0.4) is 0 Å². The molecule has 194 valence electrons. The summed E-state index contributed by atoms with van der Waals surface area (Å²) in [6.45, 7) is 3.78. The maximum Gasteiger partial charge on any atom is 0.140 e. The van der Waals surface area contributed by atoms with Gasteiger partial charge in [-0.1, -0.05) is 135 Å². The van der Waals surface area contributed by atoms with Crippen LogP contribution in [0.1, 0.15) is 174 Å². The Morgan fingerprint density at radius 1 is 0.485 bits per heavy atom. The summed E-state index contributed by atoms with van der Waals surface area (Å²) >= 11 is 0. The molecule has 0 radical (unpaired) electrons. The van der Waals surface area contributed by atoms with E-state index < -0.39 is 0 Å². The van der Waals surface area contributed by atoms with E-state index in [4.69, 9.17) is 0 Å². The van der Waals surface area contributed by atoms with Crippen LogP contribution in [0, 0.1) is 0 Å². The fourth-order valence-corrected chi connectivity index (χ4v) is 4.53. The molecule has 0 aliphatic rings. The van der Waals surface area contributed by atoms with Gasteiger partial charge in [0, 0.05) is 6.42 Å². The maximum atomic E-state index is 11.5. The smallest absolute Gasteiger partial charge is 0.140 e. The van der Waals surface area contributed by atoms with E-state index in [1.165, 1.54) is 142 Å². The number of hydrogen-bond donors (Lipinski definition) is 0. The average Bonchev–Trinajstić information content (AvgIpc) is 2.78. The summed E-state index contributed by atoms with van der Waals surface area (Å²) < 4.78 is 0. The second kappa shape index (κ2) is 27.3. The van der Waals surface area contributed by atoms with Crippen molar-refractivity contribution >= 4 is 11.6 Å². The van der Waals surface area contributed by atoms with Crippen LogP contribution in [-0.2, 0) is 9.59 Å². The van der Waals surface area contributed by atoms with Gasteiger partial charge in [-0.3, -0.25) is 9.59 Å². The van der Waals surface area contributed by atoms with Gasteiger partial charge in [0.2, 0.25) is 0 Å². The summed E-state index contributed by atoms with van der Waals surface area (Å²) in [6.07, 6.45) is 36.6. The molecule has 0 aliphatic heterocycles. The first-order chi connectivity index (χ1) is 16.2. The number of carbonyl (C=O) groups is 2. The molecule has 0 aliphatic carbocycles. The molecule has 0 unspecified atom stereocenters. The highest BCUT2D eigenvalue weighted by Gasteiger charge is 2.04. The fourth-order valence-electron chi connectivity index (χ4n) is 4.53. The number of hydrogen-bond acceptors (Lipinski definition) is 2. The van der Waals surface area contributed by atoms with Crippen molar-refractivity contribution in [2.75, 3.05) is 0 Å². The minimum Gasteiger partial charge on any atom is -0.300 e. The van der Waals surface area contributed by atoms with Gasteiger partial charge < -0.3 is 0 Å². The Balaban J connectivity index is 3.12. The van der Waals surface area contributed by atoms with Crippen LogP contribution in [0.2, 0.25) is 0 Å². The molecule has 0 saturated carbocycles. The van der Waals surface area contributed by atoms with Gasteiger partial charge in [0.25, 0.3) is 0 Å². The molecule has 0 spiro atoms. The third-order valence-corrected chi connectivity index (χ3v) is 6.66. The Bertz CT molecular complexity index is 452. The zero-order chi connectivity index (χ0) is 24.2. The normalized spacial score (nSPS) is 11.5. The average molecular weight is 463 g/mol. The van der Waals surface area contributed by atoms with E-state index in [0.717, 1.165) is 12.8 Å². The Kier molecular flexibility index (Phi) is 26.6. The summed E-state index contributed by atoms with van der Waals surface area (Å²) in [6, 6.07) is 0. The van der Waals surface area contributed by atoms with Gasteiger partial charge >= 0.3 is 0 Å². The van der Waals surface area contributed by atoms with E-state index in [0.29, 0.717) is 6.42 Å². The number of ketones is 2. The first-order valence-electron chi connectivity index (χ1n) is 14.8. The summed E-state index contributed by atoms with van der Waals surface area (Å²) in [4.78, 5) is 22.3. The maximum absolute atomic E-state index is 11.5. The zero-order valence-electron chi connectivity index (χ0n) is 22.6. The highest BCUT2D eigenvalue weighted by Crippen LogP contribution is 2.14. The number of Topliss-reactive ketones (excluding diaryl/α,β-unsaturated/α-hetero) is 2. The second-order valence-corrected chi connectivity index (χ2v) is 10.3. The lowest BCUT2D eigenvalue weighted by molar-refractivity contribution is -0.125. The van der Waals surface area contributed by atoms with E-state index in [1.807, 2.05) is 0 Å². The number of unbranched alkanes of at least 4 members (excludes halogenated alkanes) is 21. The highest BCUT2D eigenvalue weighted by atomic mass is 16.1. The van der Waals surface area contributed by atoms with E-state index in [1.54, 1.807) is 0 Å². The molecule has 33 heavy (non-hydrogen) atoms. The number of carbonyl (C=O) groups excluding carboxylic acids is 2. The van der Waals surface area contributed by atoms with Crippen molar-refractivity contribution in [1.82, 2.24) is 0 Å². The van der Waals surface area contributed by atoms with Crippen molar-refractivity contribution in [3.63, 3.8) is 0 Å².